The Bertz CT molecular complexity index is 373. The van der Waals surface area contributed by atoms with Crippen LogP contribution in [0.3, 0.4) is 0 Å². The van der Waals surface area contributed by atoms with Gasteiger partial charge in [-0.3, -0.25) is 4.79 Å². The van der Waals surface area contributed by atoms with Crippen LogP contribution < -0.4 is 0 Å². The second-order valence-electron chi connectivity index (χ2n) is 3.69. The van der Waals surface area contributed by atoms with E-state index in [0.717, 1.165) is 10.7 Å². The van der Waals surface area contributed by atoms with Crippen LogP contribution in [-0.2, 0) is 21.8 Å². The Morgan fingerprint density at radius 2 is 2.39 bits per heavy atom. The lowest BCUT2D eigenvalue weighted by Crippen LogP contribution is -2.31. The predicted molar refractivity (Wildman–Crippen MR) is 70.9 cm³/mol. The van der Waals surface area contributed by atoms with E-state index >= 15 is 0 Å². The lowest BCUT2D eigenvalue weighted by atomic mass is 10.4. The number of aliphatic hydroxyl groups excluding tert-OH is 1. The number of carbonyl (C=O) groups is 1. The number of ether oxygens (including phenoxy) is 1. The summed E-state index contributed by atoms with van der Waals surface area (Å²) >= 11 is 7.09. The van der Waals surface area contributed by atoms with E-state index in [-0.39, 0.29) is 18.9 Å². The summed E-state index contributed by atoms with van der Waals surface area (Å²) in [5, 5.41) is 11.2. The second kappa shape index (κ2) is 8.42. The van der Waals surface area contributed by atoms with Gasteiger partial charge in [-0.05, 0) is 0 Å². The number of nitrogens with zero attached hydrogens (tertiary/aromatic N) is 2. The van der Waals surface area contributed by atoms with Gasteiger partial charge < -0.3 is 14.7 Å². The molecule has 1 heterocycles. The molecule has 0 aliphatic carbocycles. The first-order valence-electron chi connectivity index (χ1n) is 5.59. The van der Waals surface area contributed by atoms with E-state index in [2.05, 4.69) is 4.98 Å². The smallest absolute Gasteiger partial charge is 0.229 e. The van der Waals surface area contributed by atoms with Crippen LogP contribution in [0, 0.1) is 0 Å². The van der Waals surface area contributed by atoms with E-state index < -0.39 is 0 Å². The Balaban J connectivity index is 2.30. The van der Waals surface area contributed by atoms with Crippen molar-refractivity contribution in [3.05, 3.63) is 16.1 Å². The summed E-state index contributed by atoms with van der Waals surface area (Å²) in [6.45, 7) is 1.23. The molecule has 0 atom stereocenters. The Kier molecular flexibility index (Phi) is 7.19. The lowest BCUT2D eigenvalue weighted by molar-refractivity contribution is -0.129. The molecule has 0 aliphatic rings. The number of alkyl halides is 1. The molecule has 0 aliphatic heterocycles. The second-order valence-corrected chi connectivity index (χ2v) is 4.90. The normalized spacial score (nSPS) is 10.6. The highest BCUT2D eigenvalue weighted by molar-refractivity contribution is 7.09. The minimum absolute atomic E-state index is 0.00179. The van der Waals surface area contributed by atoms with Gasteiger partial charge in [0.1, 0.15) is 5.01 Å². The summed E-state index contributed by atoms with van der Waals surface area (Å²) in [5.74, 6) is 0.369. The van der Waals surface area contributed by atoms with Gasteiger partial charge in [-0.2, -0.15) is 0 Å². The van der Waals surface area contributed by atoms with Crippen LogP contribution in [0.25, 0.3) is 0 Å². The van der Waals surface area contributed by atoms with E-state index in [1.807, 2.05) is 5.38 Å². The lowest BCUT2D eigenvalue weighted by Gasteiger charge is -2.16. The van der Waals surface area contributed by atoms with E-state index in [1.165, 1.54) is 11.3 Å². The minimum atomic E-state index is -0.00201. The van der Waals surface area contributed by atoms with Crippen LogP contribution in [-0.4, -0.2) is 54.3 Å². The molecule has 0 bridgehead atoms. The standard InChI is InChI=1S/C11H17ClN2O3S/c1-14(2-4-17-5-3-15)11(16)6-10-13-9(7-12)8-18-10/h8,15H,2-7H2,1H3. The molecule has 7 heteroatoms. The average Bonchev–Trinajstić information content (AvgIpc) is 2.82. The zero-order valence-electron chi connectivity index (χ0n) is 10.3. The molecule has 1 aromatic rings. The maximum absolute atomic E-state index is 11.8. The van der Waals surface area contributed by atoms with E-state index in [4.69, 9.17) is 21.4 Å². The van der Waals surface area contributed by atoms with Gasteiger partial charge in [0.15, 0.2) is 0 Å². The number of hydrogen-bond acceptors (Lipinski definition) is 5. The van der Waals surface area contributed by atoms with Gasteiger partial charge in [0.25, 0.3) is 0 Å². The van der Waals surface area contributed by atoms with Gasteiger partial charge >= 0.3 is 0 Å². The number of halogens is 1. The number of aromatic nitrogens is 1. The molecule has 0 unspecified atom stereocenters. The minimum Gasteiger partial charge on any atom is -0.394 e. The zero-order chi connectivity index (χ0) is 13.4. The fraction of sp³-hybridized carbons (Fsp3) is 0.636. The van der Waals surface area contributed by atoms with E-state index in [0.29, 0.717) is 25.6 Å². The Morgan fingerprint density at radius 1 is 1.61 bits per heavy atom. The Hall–Kier alpha value is -0.690. The molecule has 0 radical (unpaired) electrons. The van der Waals surface area contributed by atoms with Crippen molar-refractivity contribution in [2.45, 2.75) is 12.3 Å². The van der Waals surface area contributed by atoms with Crippen LogP contribution in [0.1, 0.15) is 10.7 Å². The largest absolute Gasteiger partial charge is 0.394 e. The molecule has 1 amide bonds. The quantitative estimate of drug-likeness (QED) is 0.571. The fourth-order valence-corrected chi connectivity index (χ4v) is 2.26. The van der Waals surface area contributed by atoms with Crippen molar-refractivity contribution in [1.29, 1.82) is 0 Å². The highest BCUT2D eigenvalue weighted by atomic mass is 35.5. The number of amides is 1. The molecule has 102 valence electrons. The SMILES string of the molecule is CN(CCOCCO)C(=O)Cc1nc(CCl)cs1. The molecule has 0 saturated carbocycles. The number of rotatable bonds is 8. The number of aliphatic hydroxyl groups is 1. The fourth-order valence-electron chi connectivity index (χ4n) is 1.25. The van der Waals surface area contributed by atoms with Crippen molar-refractivity contribution in [1.82, 2.24) is 9.88 Å². The summed E-state index contributed by atoms with van der Waals surface area (Å²) in [6, 6.07) is 0. The molecule has 0 spiro atoms. The van der Waals surface area contributed by atoms with Crippen LogP contribution in [0.4, 0.5) is 0 Å². The summed E-state index contributed by atoms with van der Waals surface area (Å²) in [6.07, 6.45) is 0.290. The van der Waals surface area contributed by atoms with Crippen LogP contribution >= 0.6 is 22.9 Å². The number of likely N-dealkylation sites (N-methyl/N-ethyl adjacent to an activating group) is 1. The number of carbonyl (C=O) groups excluding carboxylic acids is 1. The highest BCUT2D eigenvalue weighted by Gasteiger charge is 2.12. The molecule has 1 aromatic heterocycles. The van der Waals surface area contributed by atoms with Crippen molar-refractivity contribution >= 4 is 28.8 Å². The number of thiazole rings is 1. The molecular weight excluding hydrogens is 276 g/mol. The van der Waals surface area contributed by atoms with Gasteiger partial charge in [-0.15, -0.1) is 22.9 Å². The van der Waals surface area contributed by atoms with E-state index in [9.17, 15) is 4.79 Å². The molecule has 1 N–H and O–H groups in total. The van der Waals surface area contributed by atoms with Crippen molar-refractivity contribution in [2.24, 2.45) is 0 Å². The first kappa shape index (κ1) is 15.4. The van der Waals surface area contributed by atoms with Gasteiger partial charge in [0.2, 0.25) is 5.91 Å². The van der Waals surface area contributed by atoms with Crippen LogP contribution in [0.15, 0.2) is 5.38 Å². The molecular formula is C11H17ClN2O3S. The molecule has 0 saturated heterocycles. The van der Waals surface area contributed by atoms with Crippen molar-refractivity contribution in [3.8, 4) is 0 Å². The van der Waals surface area contributed by atoms with Crippen LogP contribution in [0.5, 0.6) is 0 Å². The van der Waals surface area contributed by atoms with Crippen molar-refractivity contribution in [3.63, 3.8) is 0 Å². The molecule has 0 fully saturated rings. The third-order valence-corrected chi connectivity index (χ3v) is 3.44. The predicted octanol–water partition coefficient (Wildman–Crippen LogP) is 0.892. The highest BCUT2D eigenvalue weighted by Crippen LogP contribution is 2.12. The van der Waals surface area contributed by atoms with Gasteiger partial charge in [0.05, 0.1) is 37.8 Å². The van der Waals surface area contributed by atoms with Gasteiger partial charge in [0, 0.05) is 19.0 Å². The summed E-state index contributed by atoms with van der Waals surface area (Å²) in [7, 11) is 1.72. The summed E-state index contributed by atoms with van der Waals surface area (Å²) in [4.78, 5) is 17.7. The van der Waals surface area contributed by atoms with Gasteiger partial charge in [-0.25, -0.2) is 4.98 Å². The monoisotopic (exact) mass is 292 g/mol. The molecule has 1 rings (SSSR count). The first-order valence-corrected chi connectivity index (χ1v) is 7.00. The molecule has 0 aromatic carbocycles. The molecule has 5 nitrogen and oxygen atoms in total. The third-order valence-electron chi connectivity index (χ3n) is 2.27. The van der Waals surface area contributed by atoms with E-state index in [1.54, 1.807) is 11.9 Å². The summed E-state index contributed by atoms with van der Waals surface area (Å²) < 4.78 is 5.10. The third kappa shape index (κ3) is 5.30. The maximum atomic E-state index is 11.8. The maximum Gasteiger partial charge on any atom is 0.229 e. The average molecular weight is 293 g/mol. The zero-order valence-corrected chi connectivity index (χ0v) is 11.8. The summed E-state index contributed by atoms with van der Waals surface area (Å²) in [5.41, 5.74) is 0.804. The van der Waals surface area contributed by atoms with Crippen molar-refractivity contribution in [2.75, 3.05) is 33.4 Å². The number of hydrogen-bond donors (Lipinski definition) is 1. The topological polar surface area (TPSA) is 62.7 Å². The van der Waals surface area contributed by atoms with Gasteiger partial charge in [-0.1, -0.05) is 0 Å². The molecule has 18 heavy (non-hydrogen) atoms. The Labute approximate surface area is 115 Å². The Morgan fingerprint density at radius 3 is 3.00 bits per heavy atom. The van der Waals surface area contributed by atoms with Crippen LogP contribution in [0.2, 0.25) is 0 Å². The van der Waals surface area contributed by atoms with Crippen molar-refractivity contribution < 1.29 is 14.6 Å². The first-order chi connectivity index (χ1) is 8.67.